The summed E-state index contributed by atoms with van der Waals surface area (Å²) in [5.74, 6) is 0. The molecule has 0 N–H and O–H groups in total. The summed E-state index contributed by atoms with van der Waals surface area (Å²) in [6.45, 7) is 3.61. The molecular formula is C6H9NO. The number of nitrogens with zero attached hydrogens (tertiary/aromatic N) is 1. The van der Waals surface area contributed by atoms with Crippen LogP contribution in [0.1, 0.15) is 19.3 Å². The molecule has 1 amide bonds. The molecule has 0 bridgehead atoms. The van der Waals surface area contributed by atoms with Crippen molar-refractivity contribution in [3.63, 3.8) is 0 Å². The summed E-state index contributed by atoms with van der Waals surface area (Å²) in [5.41, 5.74) is 0. The first kappa shape index (κ1) is 7.34. The Morgan fingerprint density at radius 1 is 1.75 bits per heavy atom. The van der Waals surface area contributed by atoms with Crippen LogP contribution >= 0.6 is 0 Å². The molecule has 0 aliphatic rings. The Morgan fingerprint density at radius 3 is 3.00 bits per heavy atom. The number of hydrogen-bond donors (Lipinski definition) is 0. The van der Waals surface area contributed by atoms with Crippen LogP contribution in [-0.4, -0.2) is 12.6 Å². The van der Waals surface area contributed by atoms with Gasteiger partial charge in [-0.1, -0.05) is 13.3 Å². The highest BCUT2D eigenvalue weighted by atomic mass is 16.1. The molecule has 2 radical (unpaired) electrons. The summed E-state index contributed by atoms with van der Waals surface area (Å²) >= 11 is 0. The van der Waals surface area contributed by atoms with Gasteiger partial charge >= 0.3 is 0 Å². The SMILES string of the molecule is [CH2]CCC/[C]=N/C=O. The zero-order valence-corrected chi connectivity index (χ0v) is 4.76. The zero-order chi connectivity index (χ0) is 6.24. The minimum absolute atomic E-state index is 0.489. The van der Waals surface area contributed by atoms with Crippen LogP contribution in [0.15, 0.2) is 4.99 Å². The predicted octanol–water partition coefficient (Wildman–Crippen LogP) is 1.09. The molecule has 8 heavy (non-hydrogen) atoms. The average Bonchev–Trinajstić information content (AvgIpc) is 1.81. The maximum Gasteiger partial charge on any atom is 0.233 e. The van der Waals surface area contributed by atoms with Crippen molar-refractivity contribution in [1.29, 1.82) is 0 Å². The van der Waals surface area contributed by atoms with Gasteiger partial charge in [-0.15, -0.1) is 0 Å². The fourth-order valence-electron chi connectivity index (χ4n) is 0.306. The first-order chi connectivity index (χ1) is 3.91. The zero-order valence-electron chi connectivity index (χ0n) is 4.76. The van der Waals surface area contributed by atoms with Crippen molar-refractivity contribution in [3.05, 3.63) is 6.92 Å². The third kappa shape index (κ3) is 5.34. The highest BCUT2D eigenvalue weighted by Gasteiger charge is 1.76. The quantitative estimate of drug-likeness (QED) is 0.303. The molecule has 0 heterocycles. The fourth-order valence-corrected chi connectivity index (χ4v) is 0.306. The van der Waals surface area contributed by atoms with Crippen molar-refractivity contribution in [2.45, 2.75) is 19.3 Å². The summed E-state index contributed by atoms with van der Waals surface area (Å²) in [6.07, 6.45) is 5.61. The lowest BCUT2D eigenvalue weighted by Gasteiger charge is -1.81. The number of aliphatic imine (C=N–C) groups is 1. The monoisotopic (exact) mass is 111 g/mol. The number of amides is 1. The summed E-state index contributed by atoms with van der Waals surface area (Å²) < 4.78 is 0. The van der Waals surface area contributed by atoms with E-state index >= 15 is 0 Å². The second kappa shape index (κ2) is 6.34. The van der Waals surface area contributed by atoms with E-state index in [4.69, 9.17) is 0 Å². The number of unbranched alkanes of at least 4 members (excludes halogenated alkanes) is 2. The van der Waals surface area contributed by atoms with Crippen molar-refractivity contribution in [3.8, 4) is 0 Å². The van der Waals surface area contributed by atoms with Gasteiger partial charge in [-0.3, -0.25) is 4.79 Å². The van der Waals surface area contributed by atoms with Gasteiger partial charge in [0.1, 0.15) is 0 Å². The van der Waals surface area contributed by atoms with E-state index in [0.717, 1.165) is 19.3 Å². The van der Waals surface area contributed by atoms with Crippen molar-refractivity contribution >= 4 is 12.6 Å². The Hall–Kier alpha value is -0.660. The molecule has 44 valence electrons. The van der Waals surface area contributed by atoms with Gasteiger partial charge in [0.05, 0.1) is 6.21 Å². The minimum Gasteiger partial charge on any atom is -0.276 e. The van der Waals surface area contributed by atoms with E-state index in [1.165, 1.54) is 0 Å². The number of rotatable bonds is 4. The van der Waals surface area contributed by atoms with Gasteiger partial charge in [-0.05, 0) is 12.8 Å². The molecule has 0 aliphatic heterocycles. The minimum atomic E-state index is 0.489. The average molecular weight is 111 g/mol. The molecule has 0 saturated heterocycles. The molecule has 2 nitrogen and oxygen atoms in total. The van der Waals surface area contributed by atoms with Gasteiger partial charge in [0.2, 0.25) is 6.41 Å². The van der Waals surface area contributed by atoms with E-state index in [1.54, 1.807) is 0 Å². The first-order valence-electron chi connectivity index (χ1n) is 2.57. The normalized spacial score (nSPS) is 10.1. The topological polar surface area (TPSA) is 29.4 Å². The lowest BCUT2D eigenvalue weighted by molar-refractivity contribution is -0.106. The largest absolute Gasteiger partial charge is 0.276 e. The van der Waals surface area contributed by atoms with Gasteiger partial charge in [0, 0.05) is 0 Å². The smallest absolute Gasteiger partial charge is 0.233 e. The second-order valence-electron chi connectivity index (χ2n) is 1.35. The lowest BCUT2D eigenvalue weighted by atomic mass is 10.3. The molecular weight excluding hydrogens is 102 g/mol. The van der Waals surface area contributed by atoms with Crippen LogP contribution < -0.4 is 0 Å². The first-order valence-corrected chi connectivity index (χ1v) is 2.57. The van der Waals surface area contributed by atoms with Gasteiger partial charge in [-0.2, -0.15) is 0 Å². The molecule has 0 unspecified atom stereocenters. The third-order valence-corrected chi connectivity index (χ3v) is 0.683. The lowest BCUT2D eigenvalue weighted by Crippen LogP contribution is -1.74. The van der Waals surface area contributed by atoms with Gasteiger partial charge < -0.3 is 0 Å². The van der Waals surface area contributed by atoms with E-state index in [0.29, 0.717) is 6.41 Å². The highest BCUT2D eigenvalue weighted by molar-refractivity contribution is 5.68. The Balaban J connectivity index is 2.91. The summed E-state index contributed by atoms with van der Waals surface area (Å²) in [5, 5.41) is 0. The van der Waals surface area contributed by atoms with E-state index in [-0.39, 0.29) is 0 Å². The van der Waals surface area contributed by atoms with E-state index in [9.17, 15) is 4.79 Å². The molecule has 0 saturated carbocycles. The van der Waals surface area contributed by atoms with Gasteiger partial charge in [0.15, 0.2) is 0 Å². The standard InChI is InChI=1S/C6H9NO/c1-2-3-4-5-7-6-8/h6H,1-4H2. The van der Waals surface area contributed by atoms with Crippen LogP contribution in [0.25, 0.3) is 0 Å². The maximum atomic E-state index is 9.52. The Morgan fingerprint density at radius 2 is 2.50 bits per heavy atom. The fraction of sp³-hybridized carbons (Fsp3) is 0.500. The van der Waals surface area contributed by atoms with Crippen LogP contribution in [0, 0.1) is 6.92 Å². The molecule has 0 aromatic heterocycles. The van der Waals surface area contributed by atoms with Crippen molar-refractivity contribution in [1.82, 2.24) is 0 Å². The number of carbonyl (C=O) groups is 1. The van der Waals surface area contributed by atoms with Crippen LogP contribution in [0.2, 0.25) is 0 Å². The summed E-state index contributed by atoms with van der Waals surface area (Å²) in [7, 11) is 0. The molecule has 2 heteroatoms. The third-order valence-electron chi connectivity index (χ3n) is 0.683. The molecule has 0 aromatic carbocycles. The van der Waals surface area contributed by atoms with Crippen LogP contribution in [0.4, 0.5) is 0 Å². The summed E-state index contributed by atoms with van der Waals surface area (Å²) in [4.78, 5) is 12.8. The van der Waals surface area contributed by atoms with Crippen LogP contribution in [0.3, 0.4) is 0 Å². The summed E-state index contributed by atoms with van der Waals surface area (Å²) in [6, 6.07) is 0. The number of carbonyl (C=O) groups excluding carboxylic acids is 1. The number of hydrogen-bond acceptors (Lipinski definition) is 1. The van der Waals surface area contributed by atoms with E-state index in [1.807, 2.05) is 0 Å². The van der Waals surface area contributed by atoms with E-state index in [2.05, 4.69) is 18.1 Å². The molecule has 0 aromatic rings. The van der Waals surface area contributed by atoms with Gasteiger partial charge in [-0.25, -0.2) is 4.99 Å². The van der Waals surface area contributed by atoms with Gasteiger partial charge in [0.25, 0.3) is 0 Å². The molecule has 0 fully saturated rings. The molecule has 0 rings (SSSR count). The predicted molar refractivity (Wildman–Crippen MR) is 32.7 cm³/mol. The second-order valence-corrected chi connectivity index (χ2v) is 1.35. The van der Waals surface area contributed by atoms with Crippen molar-refractivity contribution in [2.75, 3.05) is 0 Å². The van der Waals surface area contributed by atoms with Crippen LogP contribution in [-0.2, 0) is 4.79 Å². The molecule has 0 aliphatic carbocycles. The Bertz CT molecular complexity index is 78.6. The molecule has 0 atom stereocenters. The molecule has 0 spiro atoms. The maximum absolute atomic E-state index is 9.52. The Labute approximate surface area is 49.6 Å². The Kier molecular flexibility index (Phi) is 5.82. The van der Waals surface area contributed by atoms with Crippen molar-refractivity contribution < 1.29 is 4.79 Å². The van der Waals surface area contributed by atoms with Crippen molar-refractivity contribution in [2.24, 2.45) is 4.99 Å². The highest BCUT2D eigenvalue weighted by Crippen LogP contribution is 1.87. The van der Waals surface area contributed by atoms with E-state index < -0.39 is 0 Å². The van der Waals surface area contributed by atoms with Crippen LogP contribution in [0.5, 0.6) is 0 Å².